The summed E-state index contributed by atoms with van der Waals surface area (Å²) in [6, 6.07) is 9.38. The molecule has 114 valence electrons. The van der Waals surface area contributed by atoms with Gasteiger partial charge in [-0.2, -0.15) is 6.57 Å². The van der Waals surface area contributed by atoms with E-state index >= 15 is 0 Å². The molecular formula is C17H24N2O2. The summed E-state index contributed by atoms with van der Waals surface area (Å²) in [6.45, 7) is 12.8. The van der Waals surface area contributed by atoms with Crippen LogP contribution in [0.5, 0.6) is 5.75 Å². The van der Waals surface area contributed by atoms with Gasteiger partial charge in [0.25, 0.3) is 5.90 Å². The average Bonchev–Trinajstić information content (AvgIpc) is 2.50. The van der Waals surface area contributed by atoms with Crippen molar-refractivity contribution in [2.45, 2.75) is 52.1 Å². The maximum atomic E-state index is 9.95. The lowest BCUT2D eigenvalue weighted by atomic mass is 9.80. The predicted molar refractivity (Wildman–Crippen MR) is 85.0 cm³/mol. The number of aliphatic hydroxyl groups is 1. The Morgan fingerprint density at radius 3 is 2.38 bits per heavy atom. The Morgan fingerprint density at radius 2 is 1.86 bits per heavy atom. The van der Waals surface area contributed by atoms with Crippen LogP contribution in [0.4, 0.5) is 0 Å². The van der Waals surface area contributed by atoms with Gasteiger partial charge < -0.3 is 9.84 Å². The maximum absolute atomic E-state index is 9.95. The van der Waals surface area contributed by atoms with Crippen molar-refractivity contribution in [3.63, 3.8) is 0 Å². The van der Waals surface area contributed by atoms with Crippen LogP contribution in [0, 0.1) is 12.5 Å². The van der Waals surface area contributed by atoms with E-state index in [1.54, 1.807) is 0 Å². The molecule has 1 fully saturated rings. The molecule has 2 rings (SSSR count). The Labute approximate surface area is 127 Å². The summed E-state index contributed by atoms with van der Waals surface area (Å²) in [5, 5.41) is 13.7. The van der Waals surface area contributed by atoms with Crippen molar-refractivity contribution in [2.75, 3.05) is 0 Å². The van der Waals surface area contributed by atoms with Crippen LogP contribution >= 0.6 is 0 Å². The van der Waals surface area contributed by atoms with Gasteiger partial charge in [0.2, 0.25) is 0 Å². The zero-order valence-corrected chi connectivity index (χ0v) is 13.0. The van der Waals surface area contributed by atoms with E-state index in [4.69, 9.17) is 11.3 Å². The third-order valence-corrected chi connectivity index (χ3v) is 3.53. The van der Waals surface area contributed by atoms with Crippen LogP contribution < -0.4 is 4.74 Å². The Kier molecular flexibility index (Phi) is 6.90. The summed E-state index contributed by atoms with van der Waals surface area (Å²) >= 11 is 0. The van der Waals surface area contributed by atoms with Gasteiger partial charge in [-0.15, -0.1) is 4.95 Å². The number of benzene rings is 1. The lowest BCUT2D eigenvalue weighted by molar-refractivity contribution is 0.0145. The second-order valence-corrected chi connectivity index (χ2v) is 5.22. The number of rotatable bonds is 2. The monoisotopic (exact) mass is 288 g/mol. The van der Waals surface area contributed by atoms with E-state index in [0.717, 1.165) is 12.8 Å². The molecule has 1 aliphatic carbocycles. The van der Waals surface area contributed by atoms with Crippen molar-refractivity contribution in [2.24, 2.45) is 11.0 Å². The van der Waals surface area contributed by atoms with Crippen molar-refractivity contribution in [3.8, 4) is 5.75 Å². The zero-order valence-electron chi connectivity index (χ0n) is 13.0. The first-order chi connectivity index (χ1) is 10.1. The normalized spacial score (nSPS) is 25.3. The van der Waals surface area contributed by atoms with E-state index in [0.29, 0.717) is 24.5 Å². The largest absolute Gasteiger partial charge is 0.437 e. The van der Waals surface area contributed by atoms with Gasteiger partial charge in [-0.05, 0) is 44.7 Å². The highest BCUT2D eigenvalue weighted by atomic mass is 16.5. The fourth-order valence-electron chi connectivity index (χ4n) is 2.33. The van der Waals surface area contributed by atoms with Crippen molar-refractivity contribution < 1.29 is 9.84 Å². The first-order valence-corrected chi connectivity index (χ1v) is 7.50. The number of para-hydroxylation sites is 1. The quantitative estimate of drug-likeness (QED) is 0.382. The van der Waals surface area contributed by atoms with Gasteiger partial charge in [-0.25, -0.2) is 0 Å². The third kappa shape index (κ3) is 5.57. The van der Waals surface area contributed by atoms with Gasteiger partial charge >= 0.3 is 0 Å². The number of ether oxygens (including phenoxy) is 1. The summed E-state index contributed by atoms with van der Waals surface area (Å²) in [4.78, 5) is 3.09. The zero-order chi connectivity index (χ0) is 15.7. The fourth-order valence-corrected chi connectivity index (χ4v) is 2.33. The topological polar surface area (TPSA) is 46.2 Å². The van der Waals surface area contributed by atoms with Crippen LogP contribution in [0.2, 0.25) is 0 Å². The molecule has 21 heavy (non-hydrogen) atoms. The van der Waals surface area contributed by atoms with Crippen molar-refractivity contribution in [3.05, 3.63) is 41.9 Å². The lowest BCUT2D eigenvalue weighted by Crippen LogP contribution is -2.34. The van der Waals surface area contributed by atoms with Crippen LogP contribution in [0.3, 0.4) is 0 Å². The number of nitrogens with zero attached hydrogens (tertiary/aromatic N) is 2. The summed E-state index contributed by atoms with van der Waals surface area (Å²) < 4.78 is 5.72. The highest BCUT2D eigenvalue weighted by Gasteiger charge is 2.33. The molecule has 1 aromatic rings. The highest BCUT2D eigenvalue weighted by molar-refractivity contribution is 5.81. The molecule has 0 atom stereocenters. The molecule has 0 spiro atoms. The SMILES string of the molecule is CC.[C-]#[N+]/N=C(\Oc1ccccc1)C1CCC(C)(O)CC1. The Morgan fingerprint density at radius 1 is 1.29 bits per heavy atom. The standard InChI is InChI=1S/C15H18N2O2.C2H6/c1-15(18)10-8-12(9-11-15)14(17-16-2)19-13-6-4-3-5-7-13;1-2/h3-7,12,18H,8-11H2,1H3;1-2H3/b17-14-;. The van der Waals surface area contributed by atoms with Gasteiger partial charge in [0, 0.05) is 5.92 Å². The van der Waals surface area contributed by atoms with Gasteiger partial charge in [0.1, 0.15) is 10.9 Å². The predicted octanol–water partition coefficient (Wildman–Crippen LogP) is 4.27. The van der Waals surface area contributed by atoms with E-state index in [2.05, 4.69) is 10.1 Å². The Balaban J connectivity index is 0.00000106. The molecule has 1 aromatic carbocycles. The molecule has 0 unspecified atom stereocenters. The molecule has 0 bridgehead atoms. The lowest BCUT2D eigenvalue weighted by Gasteiger charge is -2.32. The second-order valence-electron chi connectivity index (χ2n) is 5.22. The summed E-state index contributed by atoms with van der Waals surface area (Å²) in [6.07, 6.45) is 3.03. The Bertz CT molecular complexity index is 479. The minimum absolute atomic E-state index is 0.120. The number of hydrogen-bond acceptors (Lipinski definition) is 3. The van der Waals surface area contributed by atoms with Crippen LogP contribution in [-0.2, 0) is 0 Å². The van der Waals surface area contributed by atoms with Crippen LogP contribution in [0.25, 0.3) is 4.95 Å². The second kappa shape index (κ2) is 8.43. The van der Waals surface area contributed by atoms with Crippen molar-refractivity contribution in [1.29, 1.82) is 0 Å². The van der Waals surface area contributed by atoms with Gasteiger partial charge in [-0.3, -0.25) is 0 Å². The third-order valence-electron chi connectivity index (χ3n) is 3.53. The summed E-state index contributed by atoms with van der Waals surface area (Å²) in [5.74, 6) is 1.29. The van der Waals surface area contributed by atoms with E-state index in [-0.39, 0.29) is 5.92 Å². The first-order valence-electron chi connectivity index (χ1n) is 7.50. The van der Waals surface area contributed by atoms with Crippen molar-refractivity contribution in [1.82, 2.24) is 0 Å². The number of hydrogen-bond donors (Lipinski definition) is 1. The first kappa shape index (κ1) is 17.2. The van der Waals surface area contributed by atoms with Crippen LogP contribution in [0.15, 0.2) is 35.4 Å². The van der Waals surface area contributed by atoms with Crippen LogP contribution in [-0.4, -0.2) is 16.6 Å². The minimum Gasteiger partial charge on any atom is -0.437 e. The van der Waals surface area contributed by atoms with Gasteiger partial charge in [0.05, 0.1) is 5.60 Å². The molecule has 0 saturated heterocycles. The maximum Gasteiger partial charge on any atom is 0.278 e. The molecule has 1 N–H and O–H groups in total. The molecule has 4 heteroatoms. The minimum atomic E-state index is -0.591. The smallest absolute Gasteiger partial charge is 0.278 e. The molecule has 0 aromatic heterocycles. The fraction of sp³-hybridized carbons (Fsp3) is 0.529. The summed E-state index contributed by atoms with van der Waals surface area (Å²) in [5.41, 5.74) is -0.591. The summed E-state index contributed by atoms with van der Waals surface area (Å²) in [7, 11) is 0. The molecule has 1 aliphatic rings. The molecule has 1 saturated carbocycles. The molecule has 0 radical (unpaired) electrons. The van der Waals surface area contributed by atoms with Gasteiger partial charge in [0.15, 0.2) is 0 Å². The van der Waals surface area contributed by atoms with Gasteiger partial charge in [-0.1, -0.05) is 32.0 Å². The molecule has 0 aliphatic heterocycles. The van der Waals surface area contributed by atoms with E-state index in [9.17, 15) is 5.11 Å². The van der Waals surface area contributed by atoms with E-state index < -0.39 is 5.60 Å². The molecular weight excluding hydrogens is 264 g/mol. The Hall–Kier alpha value is -1.86. The van der Waals surface area contributed by atoms with Crippen LogP contribution in [0.1, 0.15) is 46.5 Å². The molecule has 0 heterocycles. The van der Waals surface area contributed by atoms with E-state index in [1.807, 2.05) is 51.1 Å². The van der Waals surface area contributed by atoms with E-state index in [1.165, 1.54) is 0 Å². The highest BCUT2D eigenvalue weighted by Crippen LogP contribution is 2.33. The molecule has 4 nitrogen and oxygen atoms in total. The average molecular weight is 288 g/mol. The van der Waals surface area contributed by atoms with Crippen molar-refractivity contribution >= 4 is 5.90 Å². The molecule has 0 amide bonds.